The average Bonchev–Trinajstić information content (AvgIpc) is 2.68. The lowest BCUT2D eigenvalue weighted by Gasteiger charge is -2.39. The number of likely N-dealkylation sites (N-methyl/N-ethyl adjacent to an activating group) is 1. The van der Waals surface area contributed by atoms with Crippen LogP contribution in [0.2, 0.25) is 0 Å². The number of piperidine rings is 1. The molecule has 1 aliphatic rings. The molecule has 0 bridgehead atoms. The van der Waals surface area contributed by atoms with E-state index in [-0.39, 0.29) is 0 Å². The Labute approximate surface area is 155 Å². The highest BCUT2D eigenvalue weighted by molar-refractivity contribution is 9.10. The van der Waals surface area contributed by atoms with Crippen LogP contribution in [0.3, 0.4) is 0 Å². The summed E-state index contributed by atoms with van der Waals surface area (Å²) in [5.41, 5.74) is 2.24. The Morgan fingerprint density at radius 2 is 2.12 bits per heavy atom. The van der Waals surface area contributed by atoms with Gasteiger partial charge in [0.1, 0.15) is 0 Å². The van der Waals surface area contributed by atoms with Crippen molar-refractivity contribution in [2.75, 3.05) is 29.9 Å². The van der Waals surface area contributed by atoms with Crippen LogP contribution in [0.1, 0.15) is 12.8 Å². The van der Waals surface area contributed by atoms with Crippen LogP contribution in [0.25, 0.3) is 10.9 Å². The molecule has 4 rings (SSSR count). The van der Waals surface area contributed by atoms with E-state index in [0.717, 1.165) is 35.3 Å². The third kappa shape index (κ3) is 3.31. The monoisotopic (exact) mass is 397 g/mol. The maximum atomic E-state index is 4.50. The Kier molecular flexibility index (Phi) is 4.53. The van der Waals surface area contributed by atoms with Crippen molar-refractivity contribution in [1.29, 1.82) is 0 Å². The third-order valence-electron chi connectivity index (χ3n) is 4.89. The predicted octanol–water partition coefficient (Wildman–Crippen LogP) is 3.89. The van der Waals surface area contributed by atoms with Gasteiger partial charge in [0.15, 0.2) is 5.82 Å². The number of hydrogen-bond donors (Lipinski definition) is 0. The van der Waals surface area contributed by atoms with E-state index in [1.54, 1.807) is 6.20 Å². The second-order valence-corrected chi connectivity index (χ2v) is 7.34. The number of rotatable bonds is 3. The smallest absolute Gasteiger partial charge is 0.151 e. The molecular weight excluding hydrogens is 378 g/mol. The molecule has 1 aliphatic heterocycles. The number of benzene rings is 1. The molecule has 1 atom stereocenters. The van der Waals surface area contributed by atoms with E-state index in [0.29, 0.717) is 6.04 Å². The Hall–Kier alpha value is -2.21. The summed E-state index contributed by atoms with van der Waals surface area (Å²) in [6.45, 7) is 1.98. The summed E-state index contributed by atoms with van der Waals surface area (Å²) in [7, 11) is 2.18. The van der Waals surface area contributed by atoms with E-state index in [2.05, 4.69) is 66.2 Å². The summed E-state index contributed by atoms with van der Waals surface area (Å²) in [6.07, 6.45) is 5.94. The lowest BCUT2D eigenvalue weighted by atomic mass is 10.0. The van der Waals surface area contributed by atoms with Gasteiger partial charge in [-0.15, -0.1) is 5.10 Å². The second-order valence-electron chi connectivity index (χ2n) is 6.43. The zero-order chi connectivity index (χ0) is 17.2. The summed E-state index contributed by atoms with van der Waals surface area (Å²) >= 11 is 3.58. The summed E-state index contributed by atoms with van der Waals surface area (Å²) in [6, 6.07) is 12.8. The molecule has 0 radical (unpaired) electrons. The van der Waals surface area contributed by atoms with Crippen LogP contribution in [0.5, 0.6) is 0 Å². The molecule has 128 valence electrons. The van der Waals surface area contributed by atoms with Gasteiger partial charge in [-0.1, -0.05) is 15.9 Å². The number of fused-ring (bicyclic) bond motifs is 1. The zero-order valence-electron chi connectivity index (χ0n) is 14.1. The van der Waals surface area contributed by atoms with Crippen LogP contribution < -0.4 is 9.80 Å². The Bertz CT molecular complexity index is 870. The van der Waals surface area contributed by atoms with Crippen LogP contribution in [-0.4, -0.2) is 41.4 Å². The molecule has 1 unspecified atom stereocenters. The lowest BCUT2D eigenvalue weighted by Crippen LogP contribution is -2.47. The van der Waals surface area contributed by atoms with Gasteiger partial charge >= 0.3 is 0 Å². The second kappa shape index (κ2) is 6.96. The first-order valence-electron chi connectivity index (χ1n) is 8.52. The standard InChI is InChI=1S/C19H20BrN5/c1-24(18-8-10-21-17-7-6-14(20)12-16(17)18)15-4-3-11-25(13-15)19-5-2-9-22-23-19/h2,5-10,12,15H,3-4,11,13H2,1H3. The molecule has 0 aliphatic carbocycles. The van der Waals surface area contributed by atoms with Crippen molar-refractivity contribution < 1.29 is 0 Å². The lowest BCUT2D eigenvalue weighted by molar-refractivity contribution is 0.485. The average molecular weight is 398 g/mol. The fourth-order valence-corrected chi connectivity index (χ4v) is 3.91. The van der Waals surface area contributed by atoms with Gasteiger partial charge in [-0.2, -0.15) is 5.10 Å². The zero-order valence-corrected chi connectivity index (χ0v) is 15.7. The normalized spacial score (nSPS) is 17.7. The van der Waals surface area contributed by atoms with E-state index in [9.17, 15) is 0 Å². The summed E-state index contributed by atoms with van der Waals surface area (Å²) in [4.78, 5) is 9.22. The predicted molar refractivity (Wildman–Crippen MR) is 105 cm³/mol. The summed E-state index contributed by atoms with van der Waals surface area (Å²) in [5, 5.41) is 9.47. The largest absolute Gasteiger partial charge is 0.369 e. The van der Waals surface area contributed by atoms with Crippen LogP contribution in [0, 0.1) is 0 Å². The number of hydrogen-bond acceptors (Lipinski definition) is 5. The minimum atomic E-state index is 0.431. The molecule has 3 aromatic rings. The molecule has 1 aromatic carbocycles. The van der Waals surface area contributed by atoms with Crippen LogP contribution >= 0.6 is 15.9 Å². The van der Waals surface area contributed by atoms with Crippen molar-refractivity contribution in [3.05, 3.63) is 53.3 Å². The summed E-state index contributed by atoms with van der Waals surface area (Å²) < 4.78 is 1.08. The Balaban J connectivity index is 1.62. The van der Waals surface area contributed by atoms with E-state index >= 15 is 0 Å². The van der Waals surface area contributed by atoms with E-state index in [1.165, 1.54) is 17.5 Å². The number of nitrogens with zero attached hydrogens (tertiary/aromatic N) is 5. The van der Waals surface area contributed by atoms with Crippen molar-refractivity contribution in [2.24, 2.45) is 0 Å². The van der Waals surface area contributed by atoms with Gasteiger partial charge in [0.05, 0.1) is 5.52 Å². The maximum Gasteiger partial charge on any atom is 0.151 e. The molecule has 5 nitrogen and oxygen atoms in total. The number of anilines is 2. The third-order valence-corrected chi connectivity index (χ3v) is 5.38. The minimum absolute atomic E-state index is 0.431. The number of halogens is 1. The fraction of sp³-hybridized carbons (Fsp3) is 0.316. The molecule has 25 heavy (non-hydrogen) atoms. The maximum absolute atomic E-state index is 4.50. The first-order chi connectivity index (χ1) is 12.2. The van der Waals surface area contributed by atoms with Gasteiger partial charge in [-0.05, 0) is 49.2 Å². The molecule has 6 heteroatoms. The highest BCUT2D eigenvalue weighted by Crippen LogP contribution is 2.30. The van der Waals surface area contributed by atoms with Crippen LogP contribution in [0.15, 0.2) is 53.3 Å². The fourth-order valence-electron chi connectivity index (χ4n) is 3.55. The SMILES string of the molecule is CN(c1ccnc2ccc(Br)cc12)C1CCCN(c2cccnn2)C1. The highest BCUT2D eigenvalue weighted by atomic mass is 79.9. The topological polar surface area (TPSA) is 45.2 Å². The van der Waals surface area contributed by atoms with Crippen LogP contribution in [-0.2, 0) is 0 Å². The molecule has 0 saturated carbocycles. The van der Waals surface area contributed by atoms with Gasteiger partial charge in [0, 0.05) is 54.1 Å². The molecule has 1 saturated heterocycles. The van der Waals surface area contributed by atoms with Crippen molar-refractivity contribution >= 4 is 38.3 Å². The van der Waals surface area contributed by atoms with Crippen molar-refractivity contribution in [3.63, 3.8) is 0 Å². The molecule has 0 amide bonds. The van der Waals surface area contributed by atoms with Gasteiger partial charge in [-0.25, -0.2) is 0 Å². The van der Waals surface area contributed by atoms with Gasteiger partial charge in [0.25, 0.3) is 0 Å². The first-order valence-corrected chi connectivity index (χ1v) is 9.31. The van der Waals surface area contributed by atoms with Gasteiger partial charge in [-0.3, -0.25) is 4.98 Å². The van der Waals surface area contributed by atoms with E-state index in [4.69, 9.17) is 0 Å². The quantitative estimate of drug-likeness (QED) is 0.670. The van der Waals surface area contributed by atoms with E-state index in [1.807, 2.05) is 24.4 Å². The van der Waals surface area contributed by atoms with Crippen molar-refractivity contribution in [2.45, 2.75) is 18.9 Å². The molecule has 0 N–H and O–H groups in total. The summed E-state index contributed by atoms with van der Waals surface area (Å²) in [5.74, 6) is 0.961. The first kappa shape index (κ1) is 16.3. The molecule has 3 heterocycles. The molecule has 2 aromatic heterocycles. The van der Waals surface area contributed by atoms with Crippen molar-refractivity contribution in [3.8, 4) is 0 Å². The van der Waals surface area contributed by atoms with E-state index < -0.39 is 0 Å². The van der Waals surface area contributed by atoms with Crippen molar-refractivity contribution in [1.82, 2.24) is 15.2 Å². The van der Waals surface area contributed by atoms with Crippen LogP contribution in [0.4, 0.5) is 11.5 Å². The van der Waals surface area contributed by atoms with Gasteiger partial charge < -0.3 is 9.80 Å². The molecule has 0 spiro atoms. The molecular formula is C19H20BrN5. The highest BCUT2D eigenvalue weighted by Gasteiger charge is 2.25. The molecule has 1 fully saturated rings. The number of pyridine rings is 1. The number of aromatic nitrogens is 3. The Morgan fingerprint density at radius 3 is 2.96 bits per heavy atom. The minimum Gasteiger partial charge on any atom is -0.369 e. The van der Waals surface area contributed by atoms with Gasteiger partial charge in [0.2, 0.25) is 0 Å². The Morgan fingerprint density at radius 1 is 1.20 bits per heavy atom.